The molecule has 2 rings (SSSR count). The number of hydrogen-bond donors (Lipinski definition) is 1. The van der Waals surface area contributed by atoms with E-state index < -0.39 is 5.91 Å². The Morgan fingerprint density at radius 3 is 2.61 bits per heavy atom. The van der Waals surface area contributed by atoms with Crippen LogP contribution in [0.25, 0.3) is 0 Å². The van der Waals surface area contributed by atoms with Gasteiger partial charge in [0.05, 0.1) is 17.2 Å². The minimum Gasteiger partial charge on any atom is -0.506 e. The molecule has 0 aliphatic carbocycles. The number of aryl methyl sites for hydroxylation is 1. The van der Waals surface area contributed by atoms with Crippen molar-refractivity contribution in [3.05, 3.63) is 33.4 Å². The predicted molar refractivity (Wildman–Crippen MR) is 85.2 cm³/mol. The third kappa shape index (κ3) is 3.36. The number of amides is 1. The molecule has 2 aromatic rings. The Bertz CT molecular complexity index is 761. The number of benzene rings is 1. The molecule has 0 aliphatic rings. The van der Waals surface area contributed by atoms with E-state index in [0.29, 0.717) is 11.4 Å². The molecular formula is C14H15Cl2N3O4. The Morgan fingerprint density at radius 1 is 1.35 bits per heavy atom. The van der Waals surface area contributed by atoms with Crippen LogP contribution in [0, 0.1) is 6.92 Å². The first kappa shape index (κ1) is 17.4. The Hall–Kier alpha value is -1.96. The summed E-state index contributed by atoms with van der Waals surface area (Å²) >= 11 is 11.8. The van der Waals surface area contributed by atoms with Crippen molar-refractivity contribution in [2.75, 3.05) is 14.2 Å². The van der Waals surface area contributed by atoms with Gasteiger partial charge in [-0.25, -0.2) is 9.75 Å². The summed E-state index contributed by atoms with van der Waals surface area (Å²) in [4.78, 5) is 17.0. The van der Waals surface area contributed by atoms with Crippen molar-refractivity contribution in [2.24, 2.45) is 7.05 Å². The smallest absolute Gasteiger partial charge is 0.298 e. The molecule has 0 spiro atoms. The Kier molecular flexibility index (Phi) is 5.03. The molecule has 0 radical (unpaired) electrons. The third-order valence-corrected chi connectivity index (χ3v) is 3.79. The van der Waals surface area contributed by atoms with Crippen LogP contribution in [0.5, 0.6) is 17.4 Å². The van der Waals surface area contributed by atoms with Gasteiger partial charge in [-0.3, -0.25) is 9.63 Å². The van der Waals surface area contributed by atoms with Gasteiger partial charge in [-0.15, -0.1) is 0 Å². The summed E-state index contributed by atoms with van der Waals surface area (Å²) in [5, 5.41) is 15.2. The molecule has 0 aliphatic heterocycles. The minimum absolute atomic E-state index is 0.113. The molecule has 9 heteroatoms. The van der Waals surface area contributed by atoms with Crippen LogP contribution >= 0.6 is 23.2 Å². The van der Waals surface area contributed by atoms with Gasteiger partial charge in [0.25, 0.3) is 5.91 Å². The summed E-state index contributed by atoms with van der Waals surface area (Å²) in [7, 11) is 4.48. The van der Waals surface area contributed by atoms with E-state index in [4.69, 9.17) is 32.8 Å². The molecule has 1 amide bonds. The second-order valence-electron chi connectivity index (χ2n) is 4.72. The fraction of sp³-hybridized carbons (Fsp3) is 0.286. The van der Waals surface area contributed by atoms with Crippen LogP contribution in [0.2, 0.25) is 10.0 Å². The number of aromatic nitrogens is 2. The van der Waals surface area contributed by atoms with E-state index in [2.05, 4.69) is 5.10 Å². The fourth-order valence-corrected chi connectivity index (χ4v) is 2.31. The van der Waals surface area contributed by atoms with Crippen molar-refractivity contribution in [1.29, 1.82) is 0 Å². The zero-order chi connectivity index (χ0) is 17.3. The molecular weight excluding hydrogens is 345 g/mol. The average molecular weight is 360 g/mol. The maximum atomic E-state index is 12.2. The topological polar surface area (TPSA) is 76.8 Å². The fourth-order valence-electron chi connectivity index (χ4n) is 1.89. The maximum absolute atomic E-state index is 12.2. The first-order valence-corrected chi connectivity index (χ1v) is 7.23. The number of hydroxylamine groups is 2. The van der Waals surface area contributed by atoms with Gasteiger partial charge in [0, 0.05) is 25.7 Å². The standard InChI is InChI=1S/C14H15Cl2N3O4/c1-7-12(13(21)19(3)22-4)17-18(2)14(7)23-11-6-10(20)8(15)5-9(11)16/h5-6,20H,1-4H3. The summed E-state index contributed by atoms with van der Waals surface area (Å²) < 4.78 is 7.09. The van der Waals surface area contributed by atoms with Gasteiger partial charge in [0.2, 0.25) is 5.88 Å². The first-order chi connectivity index (χ1) is 10.8. The van der Waals surface area contributed by atoms with Crippen molar-refractivity contribution in [2.45, 2.75) is 6.92 Å². The number of phenols is 1. The highest BCUT2D eigenvalue weighted by Gasteiger charge is 2.24. The van der Waals surface area contributed by atoms with Gasteiger partial charge >= 0.3 is 0 Å². The van der Waals surface area contributed by atoms with Crippen LogP contribution in [-0.2, 0) is 11.9 Å². The van der Waals surface area contributed by atoms with Crippen LogP contribution in [0.15, 0.2) is 12.1 Å². The number of ether oxygens (including phenoxy) is 1. The molecule has 124 valence electrons. The molecule has 0 unspecified atom stereocenters. The van der Waals surface area contributed by atoms with Crippen LogP contribution in [0.1, 0.15) is 16.1 Å². The van der Waals surface area contributed by atoms with Crippen LogP contribution in [0.4, 0.5) is 0 Å². The number of hydrogen-bond acceptors (Lipinski definition) is 5. The highest BCUT2D eigenvalue weighted by Crippen LogP contribution is 2.38. The van der Waals surface area contributed by atoms with E-state index in [-0.39, 0.29) is 27.2 Å². The Morgan fingerprint density at radius 2 is 2.00 bits per heavy atom. The van der Waals surface area contributed by atoms with Crippen molar-refractivity contribution < 1.29 is 19.5 Å². The highest BCUT2D eigenvalue weighted by molar-refractivity contribution is 6.36. The maximum Gasteiger partial charge on any atom is 0.298 e. The van der Waals surface area contributed by atoms with Crippen LogP contribution in [0.3, 0.4) is 0 Å². The molecule has 0 atom stereocenters. The van der Waals surface area contributed by atoms with Crippen molar-refractivity contribution in [1.82, 2.24) is 14.8 Å². The molecule has 1 aromatic carbocycles. The van der Waals surface area contributed by atoms with E-state index in [1.54, 1.807) is 14.0 Å². The van der Waals surface area contributed by atoms with E-state index >= 15 is 0 Å². The molecule has 1 heterocycles. The largest absolute Gasteiger partial charge is 0.506 e. The lowest BCUT2D eigenvalue weighted by Crippen LogP contribution is -2.26. The number of nitrogens with zero attached hydrogens (tertiary/aromatic N) is 3. The monoisotopic (exact) mass is 359 g/mol. The third-order valence-electron chi connectivity index (χ3n) is 3.19. The van der Waals surface area contributed by atoms with Crippen molar-refractivity contribution in [3.63, 3.8) is 0 Å². The summed E-state index contributed by atoms with van der Waals surface area (Å²) in [6.07, 6.45) is 0. The average Bonchev–Trinajstić information content (AvgIpc) is 2.78. The molecule has 1 N–H and O–H groups in total. The summed E-state index contributed by atoms with van der Waals surface area (Å²) in [5.74, 6) is -0.0814. The summed E-state index contributed by atoms with van der Waals surface area (Å²) in [6.45, 7) is 1.68. The van der Waals surface area contributed by atoms with Gasteiger partial charge in [-0.2, -0.15) is 5.10 Å². The van der Waals surface area contributed by atoms with Crippen LogP contribution < -0.4 is 4.74 Å². The van der Waals surface area contributed by atoms with E-state index in [1.807, 2.05) is 0 Å². The number of rotatable bonds is 4. The number of phenolic OH excluding ortho intramolecular Hbond substituents is 1. The molecule has 7 nitrogen and oxygen atoms in total. The van der Waals surface area contributed by atoms with Crippen molar-refractivity contribution >= 4 is 29.1 Å². The number of aromatic hydroxyl groups is 1. The first-order valence-electron chi connectivity index (χ1n) is 6.47. The minimum atomic E-state index is -0.416. The molecule has 1 aromatic heterocycles. The zero-order valence-electron chi connectivity index (χ0n) is 12.9. The second-order valence-corrected chi connectivity index (χ2v) is 5.54. The lowest BCUT2D eigenvalue weighted by molar-refractivity contribution is -0.0761. The van der Waals surface area contributed by atoms with Gasteiger partial charge in [-0.05, 0) is 13.0 Å². The zero-order valence-corrected chi connectivity index (χ0v) is 14.4. The number of carbonyl (C=O) groups is 1. The van der Waals surface area contributed by atoms with Crippen LogP contribution in [-0.4, -0.2) is 40.0 Å². The van der Waals surface area contributed by atoms with E-state index in [9.17, 15) is 9.90 Å². The van der Waals surface area contributed by atoms with Gasteiger partial charge in [0.15, 0.2) is 11.4 Å². The number of halogens is 2. The lowest BCUT2D eigenvalue weighted by atomic mass is 10.2. The Balaban J connectivity index is 2.41. The highest BCUT2D eigenvalue weighted by atomic mass is 35.5. The quantitative estimate of drug-likeness (QED) is 0.848. The predicted octanol–water partition coefficient (Wildman–Crippen LogP) is 3.17. The molecule has 0 bridgehead atoms. The van der Waals surface area contributed by atoms with Gasteiger partial charge in [-0.1, -0.05) is 23.2 Å². The summed E-state index contributed by atoms with van der Waals surface area (Å²) in [6, 6.07) is 2.66. The van der Waals surface area contributed by atoms with E-state index in [1.165, 1.54) is 31.0 Å². The second kappa shape index (κ2) is 6.66. The van der Waals surface area contributed by atoms with Gasteiger partial charge in [0.1, 0.15) is 5.75 Å². The molecule has 0 fully saturated rings. The number of carbonyl (C=O) groups excluding carboxylic acids is 1. The van der Waals surface area contributed by atoms with Gasteiger partial charge < -0.3 is 9.84 Å². The molecule has 23 heavy (non-hydrogen) atoms. The van der Waals surface area contributed by atoms with Crippen molar-refractivity contribution in [3.8, 4) is 17.4 Å². The normalized spacial score (nSPS) is 10.7. The SMILES string of the molecule is CON(C)C(=O)c1nn(C)c(Oc2cc(O)c(Cl)cc2Cl)c1C. The lowest BCUT2D eigenvalue weighted by Gasteiger charge is -2.12. The molecule has 0 saturated carbocycles. The Labute approximate surface area is 142 Å². The van der Waals surface area contributed by atoms with E-state index in [0.717, 1.165) is 5.06 Å². The molecule has 0 saturated heterocycles. The summed E-state index contributed by atoms with van der Waals surface area (Å²) in [5.41, 5.74) is 0.688.